The molecule has 174 valence electrons. The zero-order valence-corrected chi connectivity index (χ0v) is 19.7. The first kappa shape index (κ1) is 24.5. The predicted molar refractivity (Wildman–Crippen MR) is 125 cm³/mol. The Hall–Kier alpha value is -2.10. The Morgan fingerprint density at radius 2 is 1.66 bits per heavy atom. The molecule has 0 bridgehead atoms. The maximum absolute atomic E-state index is 12.7. The minimum absolute atomic E-state index is 0.0633. The van der Waals surface area contributed by atoms with Crippen molar-refractivity contribution in [3.8, 4) is 0 Å². The maximum atomic E-state index is 12.7. The lowest BCUT2D eigenvalue weighted by Gasteiger charge is -2.30. The highest BCUT2D eigenvalue weighted by molar-refractivity contribution is 7.89. The molecule has 1 fully saturated rings. The normalized spacial score (nSPS) is 16.2. The van der Waals surface area contributed by atoms with Gasteiger partial charge in [-0.25, -0.2) is 8.42 Å². The number of Topliss-reactive ketones (excluding diaryl/α,β-unsaturated/α-hetero) is 1. The van der Waals surface area contributed by atoms with E-state index in [2.05, 4.69) is 36.2 Å². The molecule has 8 heteroatoms. The number of sulfonamides is 1. The zero-order valence-electron chi connectivity index (χ0n) is 18.9. The molecule has 0 aromatic heterocycles. The topological polar surface area (TPSA) is 79.0 Å². The third-order valence-electron chi connectivity index (χ3n) is 5.84. The minimum atomic E-state index is -3.56. The molecule has 1 atom stereocenters. The smallest absolute Gasteiger partial charge is 0.243 e. The maximum Gasteiger partial charge on any atom is 0.243 e. The van der Waals surface area contributed by atoms with Gasteiger partial charge in [0.05, 0.1) is 24.7 Å². The lowest BCUT2D eigenvalue weighted by atomic mass is 10.0. The van der Waals surface area contributed by atoms with Crippen LogP contribution in [0.25, 0.3) is 0 Å². The summed E-state index contributed by atoms with van der Waals surface area (Å²) in [5.74, 6) is -0.0633. The highest BCUT2D eigenvalue weighted by atomic mass is 32.2. The van der Waals surface area contributed by atoms with Crippen molar-refractivity contribution in [1.82, 2.24) is 14.5 Å². The number of nitrogens with one attached hydrogen (secondary N) is 1. The van der Waals surface area contributed by atoms with Crippen LogP contribution in [0.5, 0.6) is 0 Å². The van der Waals surface area contributed by atoms with Gasteiger partial charge in [0.25, 0.3) is 0 Å². The standard InChI is InChI=1S/C24H33N3O4S/c1-3-26(4-2)23(20-8-6-5-7-9-20)18-25-19-24(28)21-10-12-22(13-11-21)32(29,30)27-14-16-31-17-15-27/h5-13,23,25H,3-4,14-19H2,1-2H3. The Kier molecular flexibility index (Phi) is 8.95. The van der Waals surface area contributed by atoms with E-state index < -0.39 is 10.0 Å². The first-order chi connectivity index (χ1) is 15.5. The van der Waals surface area contributed by atoms with Crippen molar-refractivity contribution in [2.24, 2.45) is 0 Å². The number of ketones is 1. The summed E-state index contributed by atoms with van der Waals surface area (Å²) < 4.78 is 32.1. The van der Waals surface area contributed by atoms with E-state index in [1.165, 1.54) is 22.0 Å². The molecule has 1 unspecified atom stereocenters. The molecule has 7 nitrogen and oxygen atoms in total. The molecule has 1 saturated heterocycles. The number of likely N-dealkylation sites (N-methyl/N-ethyl adjacent to an activating group) is 1. The van der Waals surface area contributed by atoms with Crippen LogP contribution < -0.4 is 5.32 Å². The molecule has 32 heavy (non-hydrogen) atoms. The van der Waals surface area contributed by atoms with Gasteiger partial charge >= 0.3 is 0 Å². The fourth-order valence-corrected chi connectivity index (χ4v) is 5.38. The van der Waals surface area contributed by atoms with E-state index in [0.29, 0.717) is 38.4 Å². The van der Waals surface area contributed by atoms with Crippen LogP contribution in [0.15, 0.2) is 59.5 Å². The van der Waals surface area contributed by atoms with Crippen molar-refractivity contribution in [3.63, 3.8) is 0 Å². The number of morpholine rings is 1. The molecule has 1 aliphatic heterocycles. The first-order valence-electron chi connectivity index (χ1n) is 11.2. The van der Waals surface area contributed by atoms with Gasteiger partial charge in [-0.1, -0.05) is 56.3 Å². The van der Waals surface area contributed by atoms with E-state index in [1.54, 1.807) is 12.1 Å². The summed E-state index contributed by atoms with van der Waals surface area (Å²) in [4.78, 5) is 15.2. The van der Waals surface area contributed by atoms with E-state index in [1.807, 2.05) is 18.2 Å². The summed E-state index contributed by atoms with van der Waals surface area (Å²) in [6.45, 7) is 8.47. The van der Waals surface area contributed by atoms with Crippen molar-refractivity contribution in [1.29, 1.82) is 0 Å². The summed E-state index contributed by atoms with van der Waals surface area (Å²) in [5, 5.41) is 3.30. The number of benzene rings is 2. The van der Waals surface area contributed by atoms with Gasteiger partial charge in [-0.05, 0) is 30.8 Å². The second-order valence-corrected chi connectivity index (χ2v) is 9.68. The van der Waals surface area contributed by atoms with Gasteiger partial charge < -0.3 is 10.1 Å². The van der Waals surface area contributed by atoms with Gasteiger partial charge in [-0.3, -0.25) is 9.69 Å². The van der Waals surface area contributed by atoms with Crippen molar-refractivity contribution in [3.05, 3.63) is 65.7 Å². The van der Waals surface area contributed by atoms with Crippen LogP contribution in [0, 0.1) is 0 Å². The second-order valence-electron chi connectivity index (χ2n) is 7.74. The summed E-state index contributed by atoms with van der Waals surface area (Å²) in [7, 11) is -3.56. The average molecular weight is 460 g/mol. The number of hydrogen-bond acceptors (Lipinski definition) is 6. The van der Waals surface area contributed by atoms with E-state index in [-0.39, 0.29) is 23.3 Å². The van der Waals surface area contributed by atoms with Gasteiger partial charge in [-0.15, -0.1) is 0 Å². The number of nitrogens with zero attached hydrogens (tertiary/aromatic N) is 2. The van der Waals surface area contributed by atoms with Crippen LogP contribution in [-0.4, -0.2) is 75.9 Å². The van der Waals surface area contributed by atoms with Crippen LogP contribution in [0.4, 0.5) is 0 Å². The molecule has 3 rings (SSSR count). The Balaban J connectivity index is 1.60. The number of hydrogen-bond donors (Lipinski definition) is 1. The van der Waals surface area contributed by atoms with Gasteiger partial charge in [0, 0.05) is 31.2 Å². The SMILES string of the molecule is CCN(CC)C(CNCC(=O)c1ccc(S(=O)(=O)N2CCOCC2)cc1)c1ccccc1. The van der Waals surface area contributed by atoms with Crippen LogP contribution in [0.2, 0.25) is 0 Å². The van der Waals surface area contributed by atoms with Crippen molar-refractivity contribution in [2.75, 3.05) is 52.5 Å². The fraction of sp³-hybridized carbons (Fsp3) is 0.458. The van der Waals surface area contributed by atoms with E-state index in [4.69, 9.17) is 4.74 Å². The number of ether oxygens (including phenoxy) is 1. The van der Waals surface area contributed by atoms with Crippen LogP contribution in [0.3, 0.4) is 0 Å². The Bertz CT molecular complexity index is 954. The second kappa shape index (κ2) is 11.7. The summed E-state index contributed by atoms with van der Waals surface area (Å²) in [6.07, 6.45) is 0. The molecular weight excluding hydrogens is 426 g/mol. The molecule has 0 saturated carbocycles. The third-order valence-corrected chi connectivity index (χ3v) is 7.76. The number of carbonyl (C=O) groups excluding carboxylic acids is 1. The summed E-state index contributed by atoms with van der Waals surface area (Å²) >= 11 is 0. The third kappa shape index (κ3) is 6.02. The molecule has 1 aliphatic rings. The van der Waals surface area contributed by atoms with Crippen LogP contribution >= 0.6 is 0 Å². The Labute approximate surface area is 191 Å². The summed E-state index contributed by atoms with van der Waals surface area (Å²) in [6, 6.07) is 16.7. The van der Waals surface area contributed by atoms with E-state index in [0.717, 1.165) is 13.1 Å². The largest absolute Gasteiger partial charge is 0.379 e. The molecule has 0 aliphatic carbocycles. The molecule has 0 amide bonds. The molecule has 1 heterocycles. The first-order valence-corrected chi connectivity index (χ1v) is 12.6. The van der Waals surface area contributed by atoms with Crippen LogP contribution in [0.1, 0.15) is 35.8 Å². The quantitative estimate of drug-likeness (QED) is 0.521. The van der Waals surface area contributed by atoms with Crippen molar-refractivity contribution >= 4 is 15.8 Å². The Morgan fingerprint density at radius 1 is 1.03 bits per heavy atom. The highest BCUT2D eigenvalue weighted by Gasteiger charge is 2.26. The molecule has 2 aromatic carbocycles. The van der Waals surface area contributed by atoms with Gasteiger partial charge in [0.2, 0.25) is 10.0 Å². The molecule has 0 spiro atoms. The van der Waals surface area contributed by atoms with Crippen LogP contribution in [-0.2, 0) is 14.8 Å². The molecule has 2 aromatic rings. The van der Waals surface area contributed by atoms with Crippen molar-refractivity contribution in [2.45, 2.75) is 24.8 Å². The predicted octanol–water partition coefficient (Wildman–Crippen LogP) is 2.56. The monoisotopic (exact) mass is 459 g/mol. The molecule has 0 radical (unpaired) electrons. The average Bonchev–Trinajstić information content (AvgIpc) is 2.84. The number of carbonyl (C=O) groups is 1. The zero-order chi connectivity index (χ0) is 23.0. The van der Waals surface area contributed by atoms with Gasteiger partial charge in [0.1, 0.15) is 0 Å². The van der Waals surface area contributed by atoms with E-state index >= 15 is 0 Å². The van der Waals surface area contributed by atoms with Crippen molar-refractivity contribution < 1.29 is 17.9 Å². The lowest BCUT2D eigenvalue weighted by Crippen LogP contribution is -2.40. The Morgan fingerprint density at radius 3 is 2.25 bits per heavy atom. The fourth-order valence-electron chi connectivity index (χ4n) is 3.97. The number of rotatable bonds is 11. The minimum Gasteiger partial charge on any atom is -0.379 e. The highest BCUT2D eigenvalue weighted by Crippen LogP contribution is 2.20. The molecular formula is C24H33N3O4S. The van der Waals surface area contributed by atoms with Gasteiger partial charge in [0.15, 0.2) is 5.78 Å². The lowest BCUT2D eigenvalue weighted by molar-refractivity contribution is 0.0730. The summed E-state index contributed by atoms with van der Waals surface area (Å²) in [5.41, 5.74) is 1.71. The molecule has 1 N–H and O–H groups in total. The van der Waals surface area contributed by atoms with Gasteiger partial charge in [-0.2, -0.15) is 4.31 Å². The van der Waals surface area contributed by atoms with E-state index in [9.17, 15) is 13.2 Å².